The molecule has 196 valence electrons. The van der Waals surface area contributed by atoms with Crippen LogP contribution in [-0.2, 0) is 32.6 Å². The van der Waals surface area contributed by atoms with E-state index in [0.29, 0.717) is 13.2 Å². The first kappa shape index (κ1) is 28.0. The molecule has 1 heterocycles. The van der Waals surface area contributed by atoms with Crippen molar-refractivity contribution in [3.05, 3.63) is 11.1 Å². The van der Waals surface area contributed by atoms with Crippen LogP contribution in [0.15, 0.2) is 11.1 Å². The molecule has 0 unspecified atom stereocenters. The molecule has 9 heteroatoms. The van der Waals surface area contributed by atoms with Crippen molar-refractivity contribution in [1.29, 1.82) is 0 Å². The largest absolute Gasteiger partial charge is 0.455 e. The van der Waals surface area contributed by atoms with Gasteiger partial charge in [-0.3, -0.25) is 0 Å². The van der Waals surface area contributed by atoms with Crippen molar-refractivity contribution in [2.45, 2.75) is 103 Å². The van der Waals surface area contributed by atoms with Crippen LogP contribution in [0, 0.1) is 11.8 Å². The van der Waals surface area contributed by atoms with Gasteiger partial charge < -0.3 is 27.8 Å². The van der Waals surface area contributed by atoms with Gasteiger partial charge in [0.25, 0.3) is 0 Å². The molecule has 1 saturated carbocycles. The third kappa shape index (κ3) is 5.87. The van der Waals surface area contributed by atoms with Gasteiger partial charge in [0.1, 0.15) is 12.9 Å². The van der Waals surface area contributed by atoms with E-state index in [0.717, 1.165) is 19.3 Å². The van der Waals surface area contributed by atoms with Gasteiger partial charge in [-0.25, -0.2) is 4.79 Å². The summed E-state index contributed by atoms with van der Waals surface area (Å²) >= 11 is 0. The number of hydrogen-bond donors (Lipinski definition) is 0. The van der Waals surface area contributed by atoms with Crippen molar-refractivity contribution < 1.29 is 32.6 Å². The monoisotopic (exact) mass is 514 g/mol. The Hall–Kier alpha value is -0.556. The number of carbonyl (C=O) groups is 1. The van der Waals surface area contributed by atoms with E-state index in [-0.39, 0.29) is 42.4 Å². The van der Waals surface area contributed by atoms with Gasteiger partial charge in [-0.15, -0.1) is 0 Å². The Bertz CT molecular complexity index is 787. The SMILES string of the molecule is COCCOCO[C@@]1(C)C(=O)O[C@@H]2C3=C(C)[C@@H](O[Si](C)(C)C)C[C@H]3[C@](C)(O[Si](C)(C)C)CC[C@H]21. The zero-order valence-corrected chi connectivity index (χ0v) is 24.9. The second-order valence-corrected chi connectivity index (χ2v) is 21.3. The molecular formula is C25H46O7Si2. The van der Waals surface area contributed by atoms with Gasteiger partial charge in [0.2, 0.25) is 0 Å². The first-order chi connectivity index (χ1) is 15.6. The van der Waals surface area contributed by atoms with E-state index in [9.17, 15) is 4.79 Å². The molecule has 0 bridgehead atoms. The van der Waals surface area contributed by atoms with Crippen molar-refractivity contribution in [3.63, 3.8) is 0 Å². The third-order valence-corrected chi connectivity index (χ3v) is 9.45. The maximum Gasteiger partial charge on any atom is 0.339 e. The topological polar surface area (TPSA) is 72.5 Å². The van der Waals surface area contributed by atoms with Crippen LogP contribution in [0.5, 0.6) is 0 Å². The summed E-state index contributed by atoms with van der Waals surface area (Å²) in [5.41, 5.74) is 1.03. The lowest BCUT2D eigenvalue weighted by atomic mass is 9.81. The molecule has 0 N–H and O–H groups in total. The number of carbonyl (C=O) groups excluding carboxylic acids is 1. The fraction of sp³-hybridized carbons (Fsp3) is 0.880. The lowest BCUT2D eigenvalue weighted by Crippen LogP contribution is -2.46. The fourth-order valence-corrected chi connectivity index (χ4v) is 8.74. The Kier molecular flexibility index (Phi) is 8.30. The van der Waals surface area contributed by atoms with Crippen LogP contribution in [0.25, 0.3) is 0 Å². The molecule has 0 amide bonds. The minimum absolute atomic E-state index is 0.0314. The predicted octanol–water partition coefficient (Wildman–Crippen LogP) is 4.88. The van der Waals surface area contributed by atoms with E-state index in [4.69, 9.17) is 27.8 Å². The maximum atomic E-state index is 13.2. The highest BCUT2D eigenvalue weighted by molar-refractivity contribution is 6.70. The Morgan fingerprint density at radius 2 is 1.74 bits per heavy atom. The van der Waals surface area contributed by atoms with E-state index in [2.05, 4.69) is 53.1 Å². The Morgan fingerprint density at radius 1 is 1.06 bits per heavy atom. The van der Waals surface area contributed by atoms with Crippen LogP contribution in [0.3, 0.4) is 0 Å². The van der Waals surface area contributed by atoms with Crippen LogP contribution in [0.1, 0.15) is 40.0 Å². The summed E-state index contributed by atoms with van der Waals surface area (Å²) in [5.74, 6) is -0.249. The predicted molar refractivity (Wildman–Crippen MR) is 137 cm³/mol. The first-order valence-electron chi connectivity index (χ1n) is 12.6. The van der Waals surface area contributed by atoms with Gasteiger partial charge in [-0.05, 0) is 90.5 Å². The van der Waals surface area contributed by atoms with E-state index in [1.54, 1.807) is 7.11 Å². The van der Waals surface area contributed by atoms with E-state index in [1.165, 1.54) is 11.1 Å². The Labute approximate surface area is 208 Å². The van der Waals surface area contributed by atoms with Crippen molar-refractivity contribution in [1.82, 2.24) is 0 Å². The molecule has 1 aliphatic heterocycles. The number of esters is 1. The highest BCUT2D eigenvalue weighted by Gasteiger charge is 2.62. The molecular weight excluding hydrogens is 468 g/mol. The van der Waals surface area contributed by atoms with Gasteiger partial charge in [0.15, 0.2) is 22.2 Å². The van der Waals surface area contributed by atoms with E-state index >= 15 is 0 Å². The molecule has 2 aliphatic carbocycles. The zero-order chi connectivity index (χ0) is 25.5. The van der Waals surface area contributed by atoms with Crippen molar-refractivity contribution in [2.75, 3.05) is 27.1 Å². The smallest absolute Gasteiger partial charge is 0.339 e. The molecule has 0 aromatic heterocycles. The molecule has 2 fully saturated rings. The number of methoxy groups -OCH3 is 1. The van der Waals surface area contributed by atoms with Crippen LogP contribution in [-0.4, -0.2) is 73.1 Å². The van der Waals surface area contributed by atoms with Gasteiger partial charge in [-0.1, -0.05) is 0 Å². The molecule has 34 heavy (non-hydrogen) atoms. The molecule has 0 aromatic rings. The van der Waals surface area contributed by atoms with Crippen LogP contribution in [0.4, 0.5) is 0 Å². The number of hydrogen-bond acceptors (Lipinski definition) is 7. The number of rotatable bonds is 10. The summed E-state index contributed by atoms with van der Waals surface area (Å²) < 4.78 is 36.4. The third-order valence-electron chi connectivity index (χ3n) is 7.38. The zero-order valence-electron chi connectivity index (χ0n) is 22.9. The van der Waals surface area contributed by atoms with Gasteiger partial charge in [0, 0.05) is 18.9 Å². The Balaban J connectivity index is 1.96. The molecule has 0 aromatic carbocycles. The van der Waals surface area contributed by atoms with E-state index in [1.807, 2.05) is 6.92 Å². The second kappa shape index (κ2) is 10.1. The summed E-state index contributed by atoms with van der Waals surface area (Å²) in [6, 6.07) is 0. The van der Waals surface area contributed by atoms with Crippen molar-refractivity contribution >= 4 is 22.6 Å². The lowest BCUT2D eigenvalue weighted by molar-refractivity contribution is -0.179. The summed E-state index contributed by atoms with van der Waals surface area (Å²) in [5, 5.41) is 0. The summed E-state index contributed by atoms with van der Waals surface area (Å²) in [6.45, 7) is 20.6. The summed E-state index contributed by atoms with van der Waals surface area (Å²) in [6.07, 6.45) is 2.24. The highest BCUT2D eigenvalue weighted by Crippen LogP contribution is 2.55. The standard InChI is InChI=1S/C25H46O7Si2/c1-17-20(31-33(5,6)7)15-19-21(17)22-18(11-12-24(19,2)32-34(8,9)10)25(3,23(26)30-22)29-16-28-14-13-27-4/h18-20,22H,11-16H2,1-10H3/t18-,19-,20+,22+,24-,25-/m1/s1. The van der Waals surface area contributed by atoms with Crippen LogP contribution < -0.4 is 0 Å². The average molecular weight is 515 g/mol. The maximum absolute atomic E-state index is 13.2. The molecule has 7 nitrogen and oxygen atoms in total. The van der Waals surface area contributed by atoms with Crippen molar-refractivity contribution in [3.8, 4) is 0 Å². The minimum Gasteiger partial charge on any atom is -0.455 e. The highest BCUT2D eigenvalue weighted by atomic mass is 28.4. The number of fused-ring (bicyclic) bond motifs is 3. The van der Waals surface area contributed by atoms with Crippen LogP contribution >= 0.6 is 0 Å². The summed E-state index contributed by atoms with van der Waals surface area (Å²) in [7, 11) is -1.97. The Morgan fingerprint density at radius 3 is 2.32 bits per heavy atom. The molecule has 0 spiro atoms. The molecule has 3 aliphatic rings. The fourth-order valence-electron chi connectivity index (χ4n) is 5.97. The second-order valence-electron chi connectivity index (χ2n) is 12.4. The van der Waals surface area contributed by atoms with Gasteiger partial charge in [0.05, 0.1) is 24.9 Å². The average Bonchev–Trinajstić information content (AvgIpc) is 3.08. The minimum atomic E-state index is -1.83. The molecule has 3 rings (SSSR count). The van der Waals surface area contributed by atoms with Gasteiger partial charge in [-0.2, -0.15) is 0 Å². The summed E-state index contributed by atoms with van der Waals surface area (Å²) in [4.78, 5) is 13.2. The molecule has 0 radical (unpaired) electrons. The van der Waals surface area contributed by atoms with E-state index < -0.39 is 22.2 Å². The van der Waals surface area contributed by atoms with Gasteiger partial charge >= 0.3 is 5.97 Å². The number of ether oxygens (including phenoxy) is 4. The van der Waals surface area contributed by atoms with Crippen molar-refractivity contribution in [2.24, 2.45) is 11.8 Å². The normalized spacial score (nSPS) is 36.4. The van der Waals surface area contributed by atoms with Crippen LogP contribution in [0.2, 0.25) is 39.3 Å². The molecule has 1 saturated heterocycles. The lowest BCUT2D eigenvalue weighted by Gasteiger charge is -2.41. The quantitative estimate of drug-likeness (QED) is 0.135. The molecule has 6 atom stereocenters. The first-order valence-corrected chi connectivity index (χ1v) is 19.4.